The molecule has 5 nitrogen and oxygen atoms in total. The number of hydrogen-bond donors (Lipinski definition) is 2. The molecule has 0 amide bonds. The van der Waals surface area contributed by atoms with Gasteiger partial charge in [0.2, 0.25) is 0 Å². The third-order valence-electron chi connectivity index (χ3n) is 4.43. The van der Waals surface area contributed by atoms with Gasteiger partial charge in [-0.3, -0.25) is 4.79 Å². The van der Waals surface area contributed by atoms with Gasteiger partial charge >= 0.3 is 0 Å². The van der Waals surface area contributed by atoms with Crippen molar-refractivity contribution >= 4 is 22.5 Å². The second-order valence-corrected chi connectivity index (χ2v) is 6.75. The van der Waals surface area contributed by atoms with Gasteiger partial charge in [-0.05, 0) is 25.0 Å². The largest absolute Gasteiger partial charge is 0.382 e. The van der Waals surface area contributed by atoms with Gasteiger partial charge in [0.15, 0.2) is 23.1 Å². The zero-order valence-corrected chi connectivity index (χ0v) is 14.8. The molecule has 7 heteroatoms. The van der Waals surface area contributed by atoms with E-state index in [0.717, 1.165) is 17.7 Å². The van der Waals surface area contributed by atoms with Crippen molar-refractivity contribution in [2.45, 2.75) is 32.3 Å². The normalized spacial score (nSPS) is 13.3. The van der Waals surface area contributed by atoms with E-state index < -0.39 is 23.0 Å². The molecule has 1 heterocycles. The number of halogens is 2. The van der Waals surface area contributed by atoms with Crippen LogP contribution < -0.4 is 0 Å². The predicted octanol–water partition coefficient (Wildman–Crippen LogP) is 3.81. The van der Waals surface area contributed by atoms with Crippen LogP contribution >= 0.6 is 0 Å². The van der Waals surface area contributed by atoms with Gasteiger partial charge in [0.1, 0.15) is 11.4 Å². The standard InChI is InChI=1S/C20H17F2N3O2/c1-11-6-12(4-5-15(11)23-3)7-18(26)20(2,27)10-19-24-16-8-13(21)14(22)9-17(16)25-19/h4-6,8-9,27H,7,10H2,1-2H3,(H,24,25)/t20-/m0/s1. The molecule has 0 aliphatic carbocycles. The Hall–Kier alpha value is -3.11. The fraction of sp³-hybridized carbons (Fsp3) is 0.250. The Balaban J connectivity index is 1.78. The summed E-state index contributed by atoms with van der Waals surface area (Å²) >= 11 is 0. The lowest BCUT2D eigenvalue weighted by molar-refractivity contribution is -0.135. The lowest BCUT2D eigenvalue weighted by atomic mass is 9.91. The highest BCUT2D eigenvalue weighted by Gasteiger charge is 2.31. The van der Waals surface area contributed by atoms with Gasteiger partial charge in [-0.15, -0.1) is 0 Å². The van der Waals surface area contributed by atoms with Crippen molar-refractivity contribution in [1.82, 2.24) is 9.97 Å². The van der Waals surface area contributed by atoms with Gasteiger partial charge in [-0.1, -0.05) is 18.2 Å². The maximum absolute atomic E-state index is 13.3. The average Bonchev–Trinajstić information content (AvgIpc) is 2.95. The molecule has 0 aliphatic rings. The number of ketones is 1. The van der Waals surface area contributed by atoms with Crippen molar-refractivity contribution in [2.75, 3.05) is 0 Å². The molecular weight excluding hydrogens is 352 g/mol. The molecule has 1 aromatic heterocycles. The number of nitrogens with one attached hydrogen (secondary N) is 1. The lowest BCUT2D eigenvalue weighted by Gasteiger charge is -2.20. The minimum atomic E-state index is -1.71. The molecule has 0 radical (unpaired) electrons. The number of carbonyl (C=O) groups excluding carboxylic acids is 1. The van der Waals surface area contributed by atoms with Crippen LogP contribution in [-0.4, -0.2) is 26.5 Å². The minimum Gasteiger partial charge on any atom is -0.382 e. The summed E-state index contributed by atoms with van der Waals surface area (Å²) in [6.07, 6.45) is -0.127. The number of aromatic amines is 1. The third kappa shape index (κ3) is 3.86. The average molecular weight is 369 g/mol. The number of Topliss-reactive ketones (excluding diaryl/α,β-unsaturated/α-hetero) is 1. The van der Waals surface area contributed by atoms with Crippen molar-refractivity contribution in [3.8, 4) is 0 Å². The highest BCUT2D eigenvalue weighted by molar-refractivity contribution is 5.89. The van der Waals surface area contributed by atoms with Crippen LogP contribution in [0.25, 0.3) is 15.9 Å². The van der Waals surface area contributed by atoms with E-state index >= 15 is 0 Å². The molecule has 0 saturated carbocycles. The van der Waals surface area contributed by atoms with E-state index in [0.29, 0.717) is 11.3 Å². The van der Waals surface area contributed by atoms with E-state index in [2.05, 4.69) is 14.8 Å². The summed E-state index contributed by atoms with van der Waals surface area (Å²) < 4.78 is 26.6. The van der Waals surface area contributed by atoms with E-state index in [4.69, 9.17) is 6.57 Å². The first-order valence-electron chi connectivity index (χ1n) is 8.26. The first-order valence-corrected chi connectivity index (χ1v) is 8.26. The summed E-state index contributed by atoms with van der Waals surface area (Å²) in [4.78, 5) is 22.9. The van der Waals surface area contributed by atoms with Gasteiger partial charge in [-0.2, -0.15) is 0 Å². The van der Waals surface area contributed by atoms with Gasteiger partial charge < -0.3 is 10.1 Å². The van der Waals surface area contributed by atoms with Gasteiger partial charge in [0.05, 0.1) is 17.6 Å². The fourth-order valence-electron chi connectivity index (χ4n) is 2.89. The van der Waals surface area contributed by atoms with Crippen LogP contribution in [0.3, 0.4) is 0 Å². The molecule has 0 aliphatic heterocycles. The SMILES string of the molecule is [C-]#[N+]c1ccc(CC(=O)[C@@](C)(O)Cc2nc3cc(F)c(F)cc3[nH]2)cc1C. The third-order valence-corrected chi connectivity index (χ3v) is 4.43. The predicted molar refractivity (Wildman–Crippen MR) is 96.5 cm³/mol. The van der Waals surface area contributed by atoms with Crippen molar-refractivity contribution in [3.05, 3.63) is 70.3 Å². The van der Waals surface area contributed by atoms with Gasteiger partial charge in [-0.25, -0.2) is 18.6 Å². The number of imidazole rings is 1. The first-order chi connectivity index (χ1) is 12.7. The Kier molecular flexibility index (Phi) is 4.77. The molecule has 138 valence electrons. The van der Waals surface area contributed by atoms with Crippen molar-refractivity contribution < 1.29 is 18.7 Å². The Morgan fingerprint density at radius 1 is 1.30 bits per heavy atom. The smallest absolute Gasteiger partial charge is 0.190 e. The summed E-state index contributed by atoms with van der Waals surface area (Å²) in [5.74, 6) is -2.18. The highest BCUT2D eigenvalue weighted by Crippen LogP contribution is 2.23. The Labute approximate surface area is 154 Å². The van der Waals surface area contributed by atoms with Crippen LogP contribution in [0.1, 0.15) is 23.9 Å². The van der Waals surface area contributed by atoms with Crippen LogP contribution in [0.2, 0.25) is 0 Å². The molecule has 2 N–H and O–H groups in total. The van der Waals surface area contributed by atoms with Gasteiger partial charge in [0.25, 0.3) is 0 Å². The minimum absolute atomic E-state index is 0.00436. The van der Waals surface area contributed by atoms with Crippen LogP contribution in [0, 0.1) is 25.1 Å². The number of carbonyl (C=O) groups is 1. The van der Waals surface area contributed by atoms with E-state index in [1.807, 2.05) is 0 Å². The Bertz CT molecular complexity index is 1040. The Morgan fingerprint density at radius 2 is 2.00 bits per heavy atom. The first kappa shape index (κ1) is 18.7. The summed E-state index contributed by atoms with van der Waals surface area (Å²) in [6.45, 7) is 10.2. The number of aromatic nitrogens is 2. The second-order valence-electron chi connectivity index (χ2n) is 6.75. The number of benzene rings is 2. The van der Waals surface area contributed by atoms with Crippen LogP contribution in [-0.2, 0) is 17.6 Å². The molecule has 27 heavy (non-hydrogen) atoms. The van der Waals surface area contributed by atoms with Crippen molar-refractivity contribution in [1.29, 1.82) is 0 Å². The van der Waals surface area contributed by atoms with Gasteiger partial charge in [0, 0.05) is 25.0 Å². The summed E-state index contributed by atoms with van der Waals surface area (Å²) in [6, 6.07) is 7.01. The quantitative estimate of drug-likeness (QED) is 0.672. The van der Waals surface area contributed by atoms with Crippen LogP contribution in [0.4, 0.5) is 14.5 Å². The summed E-state index contributed by atoms with van der Waals surface area (Å²) in [5.41, 5.74) is 0.766. The number of hydrogen-bond acceptors (Lipinski definition) is 3. The number of aliphatic hydroxyl groups is 1. The topological polar surface area (TPSA) is 70.3 Å². The molecule has 0 saturated heterocycles. The lowest BCUT2D eigenvalue weighted by Crippen LogP contribution is -2.39. The van der Waals surface area contributed by atoms with Crippen molar-refractivity contribution in [3.63, 3.8) is 0 Å². The summed E-state index contributed by atoms with van der Waals surface area (Å²) in [5, 5.41) is 10.6. The number of aryl methyl sites for hydroxylation is 1. The molecule has 3 aromatic rings. The molecule has 0 bridgehead atoms. The van der Waals surface area contributed by atoms with Crippen LogP contribution in [0.15, 0.2) is 30.3 Å². The maximum atomic E-state index is 13.3. The molecule has 3 rings (SSSR count). The Morgan fingerprint density at radius 3 is 2.67 bits per heavy atom. The molecule has 2 aromatic carbocycles. The number of fused-ring (bicyclic) bond motifs is 1. The van der Waals surface area contributed by atoms with E-state index in [-0.39, 0.29) is 29.7 Å². The number of H-pyrrole nitrogens is 1. The number of nitrogens with zero attached hydrogens (tertiary/aromatic N) is 2. The van der Waals surface area contributed by atoms with Crippen LogP contribution in [0.5, 0.6) is 0 Å². The second kappa shape index (κ2) is 6.89. The summed E-state index contributed by atoms with van der Waals surface area (Å²) in [7, 11) is 0. The number of rotatable bonds is 5. The zero-order valence-electron chi connectivity index (χ0n) is 14.8. The van der Waals surface area contributed by atoms with Crippen molar-refractivity contribution in [2.24, 2.45) is 0 Å². The molecule has 0 unspecified atom stereocenters. The zero-order chi connectivity index (χ0) is 19.8. The molecular formula is C20H17F2N3O2. The highest BCUT2D eigenvalue weighted by atomic mass is 19.2. The maximum Gasteiger partial charge on any atom is 0.190 e. The fourth-order valence-corrected chi connectivity index (χ4v) is 2.89. The monoisotopic (exact) mass is 369 g/mol. The molecule has 0 fully saturated rings. The van der Waals surface area contributed by atoms with E-state index in [9.17, 15) is 18.7 Å². The molecule has 0 spiro atoms. The van der Waals surface area contributed by atoms with E-state index in [1.54, 1.807) is 25.1 Å². The molecule has 1 atom stereocenters. The van der Waals surface area contributed by atoms with E-state index in [1.165, 1.54) is 6.92 Å².